The van der Waals surface area contributed by atoms with E-state index in [1.54, 1.807) is 6.92 Å². The Kier molecular flexibility index (Phi) is 7.80. The van der Waals surface area contributed by atoms with Crippen LogP contribution in [0.5, 0.6) is 0 Å². The quantitative estimate of drug-likeness (QED) is 0.463. The van der Waals surface area contributed by atoms with E-state index in [-0.39, 0.29) is 18.0 Å². The third-order valence-corrected chi connectivity index (χ3v) is 4.19. The first-order valence-electron chi connectivity index (χ1n) is 9.25. The summed E-state index contributed by atoms with van der Waals surface area (Å²) in [5.41, 5.74) is 1.89. The van der Waals surface area contributed by atoms with Gasteiger partial charge in [-0.3, -0.25) is 4.79 Å². The molecule has 4 heteroatoms. The van der Waals surface area contributed by atoms with Gasteiger partial charge in [0.05, 0.1) is 5.57 Å². The van der Waals surface area contributed by atoms with Crippen molar-refractivity contribution in [3.63, 3.8) is 0 Å². The molecule has 0 radical (unpaired) electrons. The number of hydrogen-bond donors (Lipinski definition) is 0. The van der Waals surface area contributed by atoms with Gasteiger partial charge in [0.2, 0.25) is 0 Å². The van der Waals surface area contributed by atoms with E-state index in [2.05, 4.69) is 6.58 Å². The van der Waals surface area contributed by atoms with E-state index in [0.717, 1.165) is 17.5 Å². The van der Waals surface area contributed by atoms with Gasteiger partial charge in [-0.1, -0.05) is 87.5 Å². The van der Waals surface area contributed by atoms with Crippen LogP contribution >= 0.6 is 0 Å². The summed E-state index contributed by atoms with van der Waals surface area (Å²) in [7, 11) is 0. The second kappa shape index (κ2) is 10.3. The van der Waals surface area contributed by atoms with Crippen molar-refractivity contribution in [3.05, 3.63) is 83.9 Å². The Labute approximate surface area is 160 Å². The summed E-state index contributed by atoms with van der Waals surface area (Å²) < 4.78 is 11.2. The molecule has 4 nitrogen and oxygen atoms in total. The first-order valence-corrected chi connectivity index (χ1v) is 9.25. The van der Waals surface area contributed by atoms with Crippen LogP contribution in [0.4, 0.5) is 0 Å². The van der Waals surface area contributed by atoms with E-state index in [1.807, 2.05) is 67.6 Å². The maximum atomic E-state index is 12.8. The van der Waals surface area contributed by atoms with Gasteiger partial charge in [-0.25, -0.2) is 4.79 Å². The topological polar surface area (TPSA) is 52.6 Å². The van der Waals surface area contributed by atoms with Crippen molar-refractivity contribution in [2.45, 2.75) is 45.3 Å². The Hall–Kier alpha value is -2.88. The standard InChI is InChI=1S/C23H26O4/c1-4-12-20(26-21(24)5-2)17(3)23(25)27-22(18-13-8-6-9-14-18)19-15-10-7-11-16-19/h6-11,13-16,20,22H,3-5,12H2,1-2H3/t20-/m0/s1. The molecule has 0 spiro atoms. The summed E-state index contributed by atoms with van der Waals surface area (Å²) in [6.45, 7) is 7.53. The van der Waals surface area contributed by atoms with Gasteiger partial charge in [-0.15, -0.1) is 0 Å². The number of carbonyl (C=O) groups is 2. The average molecular weight is 366 g/mol. The molecule has 0 heterocycles. The zero-order valence-corrected chi connectivity index (χ0v) is 15.9. The van der Waals surface area contributed by atoms with Crippen LogP contribution in [0.2, 0.25) is 0 Å². The van der Waals surface area contributed by atoms with Gasteiger partial charge in [-0.05, 0) is 17.5 Å². The molecular formula is C23H26O4. The fourth-order valence-electron chi connectivity index (χ4n) is 2.71. The van der Waals surface area contributed by atoms with Crippen molar-refractivity contribution in [1.82, 2.24) is 0 Å². The molecule has 0 fully saturated rings. The fraction of sp³-hybridized carbons (Fsp3) is 0.304. The summed E-state index contributed by atoms with van der Waals surface area (Å²) in [4.78, 5) is 24.4. The highest BCUT2D eigenvalue weighted by atomic mass is 16.6. The molecule has 0 aliphatic heterocycles. The van der Waals surface area contributed by atoms with Crippen molar-refractivity contribution in [2.24, 2.45) is 0 Å². The molecule has 0 bridgehead atoms. The van der Waals surface area contributed by atoms with E-state index < -0.39 is 18.2 Å². The number of ether oxygens (including phenoxy) is 2. The summed E-state index contributed by atoms with van der Waals surface area (Å²) in [5, 5.41) is 0. The van der Waals surface area contributed by atoms with Crippen molar-refractivity contribution < 1.29 is 19.1 Å². The van der Waals surface area contributed by atoms with Gasteiger partial charge in [0.25, 0.3) is 0 Å². The molecule has 2 aromatic carbocycles. The predicted octanol–water partition coefficient (Wildman–Crippen LogP) is 5.00. The Morgan fingerprint density at radius 2 is 1.41 bits per heavy atom. The van der Waals surface area contributed by atoms with Gasteiger partial charge >= 0.3 is 11.9 Å². The van der Waals surface area contributed by atoms with Gasteiger partial charge < -0.3 is 9.47 Å². The molecule has 0 N–H and O–H groups in total. The lowest BCUT2D eigenvalue weighted by Gasteiger charge is -2.23. The number of hydrogen-bond acceptors (Lipinski definition) is 4. The Morgan fingerprint density at radius 3 is 1.85 bits per heavy atom. The van der Waals surface area contributed by atoms with Crippen molar-refractivity contribution >= 4 is 11.9 Å². The number of esters is 2. The second-order valence-electron chi connectivity index (χ2n) is 6.25. The first-order chi connectivity index (χ1) is 13.1. The maximum absolute atomic E-state index is 12.8. The second-order valence-corrected chi connectivity index (χ2v) is 6.25. The molecule has 1 atom stereocenters. The molecule has 0 unspecified atom stereocenters. The van der Waals surface area contributed by atoms with Crippen molar-refractivity contribution in [3.8, 4) is 0 Å². The minimum Gasteiger partial charge on any atom is -0.457 e. The van der Waals surface area contributed by atoms with E-state index in [4.69, 9.17) is 9.47 Å². The number of benzene rings is 2. The van der Waals surface area contributed by atoms with Crippen LogP contribution in [-0.4, -0.2) is 18.0 Å². The van der Waals surface area contributed by atoms with E-state index in [0.29, 0.717) is 6.42 Å². The predicted molar refractivity (Wildman–Crippen MR) is 105 cm³/mol. The minimum absolute atomic E-state index is 0.163. The molecule has 0 aromatic heterocycles. The zero-order valence-electron chi connectivity index (χ0n) is 15.9. The molecule has 0 amide bonds. The van der Waals surface area contributed by atoms with Crippen LogP contribution < -0.4 is 0 Å². The molecule has 27 heavy (non-hydrogen) atoms. The zero-order chi connectivity index (χ0) is 19.6. The molecule has 0 aliphatic carbocycles. The highest BCUT2D eigenvalue weighted by Crippen LogP contribution is 2.27. The third-order valence-electron chi connectivity index (χ3n) is 4.19. The SMILES string of the molecule is C=C(C(=O)OC(c1ccccc1)c1ccccc1)[C@H](CCC)OC(=O)CC. The molecule has 142 valence electrons. The molecule has 0 aliphatic rings. The van der Waals surface area contributed by atoms with Crippen LogP contribution in [0.3, 0.4) is 0 Å². The average Bonchev–Trinajstić information content (AvgIpc) is 2.72. The smallest absolute Gasteiger partial charge is 0.338 e. The lowest BCUT2D eigenvalue weighted by Crippen LogP contribution is -2.26. The highest BCUT2D eigenvalue weighted by molar-refractivity contribution is 5.89. The molecule has 2 rings (SSSR count). The van der Waals surface area contributed by atoms with Crippen molar-refractivity contribution in [1.29, 1.82) is 0 Å². The normalized spacial score (nSPS) is 11.7. The first kappa shape index (κ1) is 20.4. The number of rotatable bonds is 9. The molecule has 2 aromatic rings. The summed E-state index contributed by atoms with van der Waals surface area (Å²) in [6, 6.07) is 19.1. The largest absolute Gasteiger partial charge is 0.457 e. The Balaban J connectivity index is 2.22. The Bertz CT molecular complexity index is 713. The highest BCUT2D eigenvalue weighted by Gasteiger charge is 2.26. The lowest BCUT2D eigenvalue weighted by atomic mass is 10.0. The Morgan fingerprint density at radius 1 is 0.889 bits per heavy atom. The van der Waals surface area contributed by atoms with Gasteiger partial charge in [0.15, 0.2) is 6.10 Å². The molecular weight excluding hydrogens is 340 g/mol. The lowest BCUT2D eigenvalue weighted by molar-refractivity contribution is -0.150. The summed E-state index contributed by atoms with van der Waals surface area (Å²) >= 11 is 0. The van der Waals surface area contributed by atoms with Gasteiger partial charge in [0.1, 0.15) is 6.10 Å². The summed E-state index contributed by atoms with van der Waals surface area (Å²) in [5.74, 6) is -0.917. The van der Waals surface area contributed by atoms with Crippen LogP contribution in [0, 0.1) is 0 Å². The summed E-state index contributed by atoms with van der Waals surface area (Å²) in [6.07, 6.45) is 0.317. The molecule has 0 saturated carbocycles. The third kappa shape index (κ3) is 5.81. The fourth-order valence-corrected chi connectivity index (χ4v) is 2.71. The van der Waals surface area contributed by atoms with Crippen LogP contribution in [0.15, 0.2) is 72.8 Å². The van der Waals surface area contributed by atoms with E-state index >= 15 is 0 Å². The molecule has 0 saturated heterocycles. The van der Waals surface area contributed by atoms with Crippen LogP contribution in [0.25, 0.3) is 0 Å². The van der Waals surface area contributed by atoms with Crippen LogP contribution in [-0.2, 0) is 19.1 Å². The van der Waals surface area contributed by atoms with Gasteiger partial charge in [0, 0.05) is 6.42 Å². The van der Waals surface area contributed by atoms with E-state index in [9.17, 15) is 9.59 Å². The monoisotopic (exact) mass is 366 g/mol. The van der Waals surface area contributed by atoms with Crippen LogP contribution in [0.1, 0.15) is 50.3 Å². The minimum atomic E-state index is -0.665. The number of carbonyl (C=O) groups excluding carboxylic acids is 2. The van der Waals surface area contributed by atoms with Crippen molar-refractivity contribution in [2.75, 3.05) is 0 Å². The van der Waals surface area contributed by atoms with Gasteiger partial charge in [-0.2, -0.15) is 0 Å². The maximum Gasteiger partial charge on any atom is 0.338 e. The van der Waals surface area contributed by atoms with E-state index in [1.165, 1.54) is 0 Å².